The Balaban J connectivity index is 2.13. The molecule has 2 aromatic rings. The van der Waals surface area contributed by atoms with Crippen LogP contribution in [0.15, 0.2) is 24.3 Å². The van der Waals surface area contributed by atoms with Crippen molar-refractivity contribution in [2.45, 2.75) is 26.3 Å². The van der Waals surface area contributed by atoms with E-state index in [2.05, 4.69) is 22.4 Å². The lowest BCUT2D eigenvalue weighted by Gasteiger charge is -2.16. The van der Waals surface area contributed by atoms with Crippen LogP contribution in [0.5, 0.6) is 0 Å². The minimum absolute atomic E-state index is 0.250. The highest BCUT2D eigenvalue weighted by molar-refractivity contribution is 7.15. The molecule has 0 spiro atoms. The van der Waals surface area contributed by atoms with Gasteiger partial charge in [-0.1, -0.05) is 42.0 Å². The standard InChI is InChI=1S/C12H14ClN3S/c1-3-11(9-4-6-10(13)7-5-9)14-12-16-15-8(2)17-12/h4-7,11H,3H2,1-2H3,(H,14,16). The van der Waals surface area contributed by atoms with Crippen molar-refractivity contribution in [3.63, 3.8) is 0 Å². The van der Waals surface area contributed by atoms with E-state index >= 15 is 0 Å². The number of benzene rings is 1. The van der Waals surface area contributed by atoms with Gasteiger partial charge in [-0.3, -0.25) is 0 Å². The molecule has 0 fully saturated rings. The van der Waals surface area contributed by atoms with Crippen LogP contribution in [0.4, 0.5) is 5.13 Å². The molecule has 1 N–H and O–H groups in total. The van der Waals surface area contributed by atoms with Gasteiger partial charge in [0.15, 0.2) is 0 Å². The first-order valence-electron chi connectivity index (χ1n) is 5.51. The van der Waals surface area contributed by atoms with Crippen LogP contribution < -0.4 is 5.32 Å². The largest absolute Gasteiger partial charge is 0.353 e. The Bertz CT molecular complexity index is 481. The van der Waals surface area contributed by atoms with E-state index in [0.717, 1.165) is 21.6 Å². The summed E-state index contributed by atoms with van der Waals surface area (Å²) < 4.78 is 0. The molecule has 1 unspecified atom stereocenters. The maximum Gasteiger partial charge on any atom is 0.206 e. The number of hydrogen-bond acceptors (Lipinski definition) is 4. The molecule has 1 aromatic carbocycles. The SMILES string of the molecule is CCC(Nc1nnc(C)s1)c1ccc(Cl)cc1. The van der Waals surface area contributed by atoms with Gasteiger partial charge >= 0.3 is 0 Å². The van der Waals surface area contributed by atoms with Crippen molar-refractivity contribution in [1.82, 2.24) is 10.2 Å². The Labute approximate surface area is 110 Å². The highest BCUT2D eigenvalue weighted by Gasteiger charge is 2.11. The lowest BCUT2D eigenvalue weighted by molar-refractivity contribution is 0.745. The first-order valence-corrected chi connectivity index (χ1v) is 6.70. The lowest BCUT2D eigenvalue weighted by Crippen LogP contribution is -2.09. The lowest BCUT2D eigenvalue weighted by atomic mass is 10.1. The average molecular weight is 268 g/mol. The summed E-state index contributed by atoms with van der Waals surface area (Å²) in [7, 11) is 0. The Morgan fingerprint density at radius 2 is 2.00 bits per heavy atom. The van der Waals surface area contributed by atoms with Gasteiger partial charge in [-0.05, 0) is 31.0 Å². The van der Waals surface area contributed by atoms with Gasteiger partial charge in [-0.2, -0.15) is 0 Å². The number of hydrogen-bond donors (Lipinski definition) is 1. The number of anilines is 1. The predicted octanol–water partition coefficient (Wildman–Crippen LogP) is 4.06. The van der Waals surface area contributed by atoms with Gasteiger partial charge in [0.1, 0.15) is 5.01 Å². The molecule has 0 saturated heterocycles. The Morgan fingerprint density at radius 1 is 1.29 bits per heavy atom. The molecule has 90 valence electrons. The molecule has 0 amide bonds. The smallest absolute Gasteiger partial charge is 0.206 e. The van der Waals surface area contributed by atoms with E-state index in [-0.39, 0.29) is 6.04 Å². The van der Waals surface area contributed by atoms with Gasteiger partial charge in [0.05, 0.1) is 6.04 Å². The predicted molar refractivity (Wildman–Crippen MR) is 72.8 cm³/mol. The van der Waals surface area contributed by atoms with Gasteiger partial charge in [-0.15, -0.1) is 10.2 Å². The second-order valence-electron chi connectivity index (χ2n) is 3.78. The highest BCUT2D eigenvalue weighted by Crippen LogP contribution is 2.25. The molecular weight excluding hydrogens is 254 g/mol. The molecule has 0 radical (unpaired) electrons. The molecule has 1 atom stereocenters. The van der Waals surface area contributed by atoms with Crippen LogP contribution in [0.3, 0.4) is 0 Å². The van der Waals surface area contributed by atoms with Crippen molar-refractivity contribution < 1.29 is 0 Å². The van der Waals surface area contributed by atoms with Crippen molar-refractivity contribution in [2.24, 2.45) is 0 Å². The number of nitrogens with zero attached hydrogens (tertiary/aromatic N) is 2. The fraction of sp³-hybridized carbons (Fsp3) is 0.333. The Hall–Kier alpha value is -1.13. The zero-order valence-corrected chi connectivity index (χ0v) is 11.3. The molecule has 1 heterocycles. The Kier molecular flexibility index (Phi) is 3.97. The number of rotatable bonds is 4. The third-order valence-electron chi connectivity index (χ3n) is 2.50. The normalized spacial score (nSPS) is 12.4. The third kappa shape index (κ3) is 3.17. The molecule has 17 heavy (non-hydrogen) atoms. The summed E-state index contributed by atoms with van der Waals surface area (Å²) in [5, 5.41) is 14.1. The first-order chi connectivity index (χ1) is 8.19. The van der Waals surface area contributed by atoms with Crippen LogP contribution in [0.25, 0.3) is 0 Å². The molecule has 5 heteroatoms. The molecule has 0 aliphatic carbocycles. The van der Waals surface area contributed by atoms with E-state index in [1.54, 1.807) is 11.3 Å². The molecule has 0 aliphatic rings. The summed E-state index contributed by atoms with van der Waals surface area (Å²) >= 11 is 7.45. The number of halogens is 1. The van der Waals surface area contributed by atoms with Crippen LogP contribution in [0.1, 0.15) is 30.0 Å². The van der Waals surface area contributed by atoms with Crippen LogP contribution in [0, 0.1) is 6.92 Å². The van der Waals surface area contributed by atoms with Gasteiger partial charge in [0.25, 0.3) is 0 Å². The highest BCUT2D eigenvalue weighted by atomic mass is 35.5. The fourth-order valence-electron chi connectivity index (χ4n) is 1.62. The number of nitrogens with one attached hydrogen (secondary N) is 1. The quantitative estimate of drug-likeness (QED) is 0.908. The first kappa shape index (κ1) is 12.3. The topological polar surface area (TPSA) is 37.8 Å². The maximum atomic E-state index is 5.88. The Morgan fingerprint density at radius 3 is 2.53 bits per heavy atom. The summed E-state index contributed by atoms with van der Waals surface area (Å²) in [5.41, 5.74) is 1.21. The van der Waals surface area contributed by atoms with Gasteiger partial charge < -0.3 is 5.32 Å². The van der Waals surface area contributed by atoms with E-state index in [1.807, 2.05) is 31.2 Å². The molecule has 0 bridgehead atoms. The monoisotopic (exact) mass is 267 g/mol. The molecule has 0 saturated carbocycles. The van der Waals surface area contributed by atoms with Crippen LogP contribution in [-0.2, 0) is 0 Å². The van der Waals surface area contributed by atoms with E-state index in [1.165, 1.54) is 5.56 Å². The van der Waals surface area contributed by atoms with Crippen LogP contribution >= 0.6 is 22.9 Å². The fourth-order valence-corrected chi connectivity index (χ4v) is 2.39. The second kappa shape index (κ2) is 5.47. The van der Waals surface area contributed by atoms with Gasteiger partial charge in [-0.25, -0.2) is 0 Å². The minimum Gasteiger partial charge on any atom is -0.353 e. The van der Waals surface area contributed by atoms with Crippen LogP contribution in [0.2, 0.25) is 5.02 Å². The molecule has 0 aliphatic heterocycles. The zero-order chi connectivity index (χ0) is 12.3. The van der Waals surface area contributed by atoms with Crippen molar-refractivity contribution in [3.05, 3.63) is 39.9 Å². The van der Waals surface area contributed by atoms with Crippen molar-refractivity contribution >= 4 is 28.1 Å². The van der Waals surface area contributed by atoms with Crippen molar-refractivity contribution in [1.29, 1.82) is 0 Å². The van der Waals surface area contributed by atoms with Crippen LogP contribution in [-0.4, -0.2) is 10.2 Å². The van der Waals surface area contributed by atoms with Gasteiger partial charge in [0, 0.05) is 5.02 Å². The summed E-state index contributed by atoms with van der Waals surface area (Å²) in [4.78, 5) is 0. The van der Waals surface area contributed by atoms with E-state index in [9.17, 15) is 0 Å². The average Bonchev–Trinajstić information content (AvgIpc) is 2.73. The van der Waals surface area contributed by atoms with E-state index < -0.39 is 0 Å². The summed E-state index contributed by atoms with van der Waals surface area (Å²) in [6.45, 7) is 4.09. The zero-order valence-electron chi connectivity index (χ0n) is 9.77. The second-order valence-corrected chi connectivity index (χ2v) is 5.40. The number of aromatic nitrogens is 2. The number of aryl methyl sites for hydroxylation is 1. The molecule has 2 rings (SSSR count). The molecular formula is C12H14ClN3S. The molecule has 3 nitrogen and oxygen atoms in total. The minimum atomic E-state index is 0.250. The van der Waals surface area contributed by atoms with E-state index in [0.29, 0.717) is 0 Å². The van der Waals surface area contributed by atoms with Crippen molar-refractivity contribution in [2.75, 3.05) is 5.32 Å². The maximum absolute atomic E-state index is 5.88. The van der Waals surface area contributed by atoms with Crippen molar-refractivity contribution in [3.8, 4) is 0 Å². The third-order valence-corrected chi connectivity index (χ3v) is 3.53. The van der Waals surface area contributed by atoms with E-state index in [4.69, 9.17) is 11.6 Å². The molecule has 1 aromatic heterocycles. The van der Waals surface area contributed by atoms with Gasteiger partial charge in [0.2, 0.25) is 5.13 Å². The summed E-state index contributed by atoms with van der Waals surface area (Å²) in [6.07, 6.45) is 0.986. The summed E-state index contributed by atoms with van der Waals surface area (Å²) in [5.74, 6) is 0. The summed E-state index contributed by atoms with van der Waals surface area (Å²) in [6, 6.07) is 8.15.